The van der Waals surface area contributed by atoms with Gasteiger partial charge in [-0.15, -0.1) is 0 Å². The van der Waals surface area contributed by atoms with Crippen LogP contribution >= 0.6 is 11.8 Å². The minimum Gasteiger partial charge on any atom is -0.383 e. The summed E-state index contributed by atoms with van der Waals surface area (Å²) in [5.74, 6) is 7.03. The first-order valence-electron chi connectivity index (χ1n) is 5.65. The molecule has 1 atom stereocenters. The molecule has 1 aromatic rings. The van der Waals surface area contributed by atoms with Crippen LogP contribution in [0.1, 0.15) is 37.9 Å². The van der Waals surface area contributed by atoms with Crippen LogP contribution in [0, 0.1) is 6.92 Å². The number of pyridine rings is 1. The molecule has 4 nitrogen and oxygen atoms in total. The molecule has 0 radical (unpaired) electrons. The Hall–Kier alpha value is -0.780. The van der Waals surface area contributed by atoms with Crippen LogP contribution in [0.15, 0.2) is 12.3 Å². The number of aryl methyl sites for hydroxylation is 1. The molecule has 0 saturated carbocycles. The van der Waals surface area contributed by atoms with E-state index in [0.717, 1.165) is 16.9 Å². The number of nitrogen functional groups attached to an aromatic ring is 1. The summed E-state index contributed by atoms with van der Waals surface area (Å²) < 4.78 is 0.209. The zero-order valence-corrected chi connectivity index (χ0v) is 11.8. The fourth-order valence-corrected chi connectivity index (χ4v) is 2.38. The van der Waals surface area contributed by atoms with Gasteiger partial charge in [-0.05, 0) is 18.6 Å². The van der Waals surface area contributed by atoms with Crippen LogP contribution in [0.4, 0.5) is 5.82 Å². The summed E-state index contributed by atoms with van der Waals surface area (Å²) in [4.78, 5) is 4.16. The molecule has 0 bridgehead atoms. The van der Waals surface area contributed by atoms with Crippen molar-refractivity contribution in [2.45, 2.75) is 38.5 Å². The number of nitrogens with zero attached hydrogens (tertiary/aromatic N) is 1. The summed E-state index contributed by atoms with van der Waals surface area (Å²) in [6, 6.07) is 2.07. The summed E-state index contributed by atoms with van der Waals surface area (Å²) in [7, 11) is 0. The predicted molar refractivity (Wildman–Crippen MR) is 75.7 cm³/mol. The Morgan fingerprint density at radius 2 is 2.12 bits per heavy atom. The number of nitrogens with two attached hydrogens (primary N) is 2. The van der Waals surface area contributed by atoms with E-state index in [2.05, 4.69) is 31.2 Å². The summed E-state index contributed by atoms with van der Waals surface area (Å²) in [5, 5.41) is 0. The van der Waals surface area contributed by atoms with E-state index in [0.29, 0.717) is 5.82 Å². The topological polar surface area (TPSA) is 77.0 Å². The van der Waals surface area contributed by atoms with Crippen molar-refractivity contribution in [2.75, 3.05) is 11.5 Å². The second-order valence-corrected chi connectivity index (χ2v) is 6.98. The van der Waals surface area contributed by atoms with Crippen LogP contribution in [-0.2, 0) is 0 Å². The first kappa shape index (κ1) is 14.3. The van der Waals surface area contributed by atoms with Gasteiger partial charge >= 0.3 is 0 Å². The third kappa shape index (κ3) is 4.53. The van der Waals surface area contributed by atoms with Crippen molar-refractivity contribution in [1.82, 2.24) is 10.4 Å². The lowest BCUT2D eigenvalue weighted by molar-refractivity contribution is 0.607. The number of nitrogens with one attached hydrogen (secondary N) is 1. The lowest BCUT2D eigenvalue weighted by Gasteiger charge is -2.23. The minimum absolute atomic E-state index is 0.0339. The molecule has 96 valence electrons. The Morgan fingerprint density at radius 3 is 2.65 bits per heavy atom. The summed E-state index contributed by atoms with van der Waals surface area (Å²) >= 11 is 1.85. The van der Waals surface area contributed by atoms with Crippen LogP contribution in [-0.4, -0.2) is 15.5 Å². The van der Waals surface area contributed by atoms with E-state index >= 15 is 0 Å². The Bertz CT molecular complexity index is 373. The van der Waals surface area contributed by atoms with Gasteiger partial charge in [0.2, 0.25) is 0 Å². The quantitative estimate of drug-likeness (QED) is 0.566. The zero-order valence-electron chi connectivity index (χ0n) is 10.9. The van der Waals surface area contributed by atoms with Crippen LogP contribution < -0.4 is 17.0 Å². The maximum atomic E-state index is 5.89. The van der Waals surface area contributed by atoms with Gasteiger partial charge in [-0.1, -0.05) is 20.8 Å². The highest BCUT2D eigenvalue weighted by molar-refractivity contribution is 8.00. The minimum atomic E-state index is 0.0339. The lowest BCUT2D eigenvalue weighted by Crippen LogP contribution is -2.31. The van der Waals surface area contributed by atoms with Gasteiger partial charge < -0.3 is 5.73 Å². The average molecular weight is 254 g/mol. The van der Waals surface area contributed by atoms with E-state index in [1.54, 1.807) is 6.20 Å². The summed E-state index contributed by atoms with van der Waals surface area (Å²) in [5.41, 5.74) is 10.8. The first-order chi connectivity index (χ1) is 7.83. The number of aromatic nitrogens is 1. The zero-order chi connectivity index (χ0) is 13.1. The molecule has 1 unspecified atom stereocenters. The van der Waals surface area contributed by atoms with Gasteiger partial charge in [0.1, 0.15) is 5.82 Å². The molecule has 0 fully saturated rings. The van der Waals surface area contributed by atoms with E-state index in [1.807, 2.05) is 24.8 Å². The molecule has 0 aliphatic carbocycles. The van der Waals surface area contributed by atoms with Gasteiger partial charge in [-0.25, -0.2) is 4.98 Å². The number of hydrazine groups is 1. The van der Waals surface area contributed by atoms with Gasteiger partial charge in [0.25, 0.3) is 0 Å². The van der Waals surface area contributed by atoms with Crippen molar-refractivity contribution in [1.29, 1.82) is 0 Å². The monoisotopic (exact) mass is 254 g/mol. The van der Waals surface area contributed by atoms with Crippen molar-refractivity contribution >= 4 is 17.6 Å². The highest BCUT2D eigenvalue weighted by atomic mass is 32.2. The average Bonchev–Trinajstić information content (AvgIpc) is 2.22. The maximum Gasteiger partial charge on any atom is 0.128 e. The molecule has 5 heteroatoms. The standard InChI is InChI=1S/C12H22N4S/c1-8-5-9(11(13)15-6-8)10(16-14)7-17-12(2,3)4/h5-6,10,16H,7,14H2,1-4H3,(H2,13,15). The van der Waals surface area contributed by atoms with Gasteiger partial charge in [-0.3, -0.25) is 11.3 Å². The number of thioether (sulfide) groups is 1. The molecule has 0 aliphatic rings. The van der Waals surface area contributed by atoms with Crippen LogP contribution in [0.25, 0.3) is 0 Å². The van der Waals surface area contributed by atoms with Crippen LogP contribution in [0.3, 0.4) is 0 Å². The second-order valence-electron chi connectivity index (χ2n) is 5.13. The van der Waals surface area contributed by atoms with Gasteiger partial charge in [0.15, 0.2) is 0 Å². The maximum absolute atomic E-state index is 5.89. The molecule has 1 heterocycles. The summed E-state index contributed by atoms with van der Waals surface area (Å²) in [6.45, 7) is 8.55. The molecule has 1 aromatic heterocycles. The van der Waals surface area contributed by atoms with Crippen molar-refractivity contribution in [3.8, 4) is 0 Å². The van der Waals surface area contributed by atoms with Gasteiger partial charge in [-0.2, -0.15) is 11.8 Å². The van der Waals surface area contributed by atoms with Crippen molar-refractivity contribution in [2.24, 2.45) is 5.84 Å². The number of hydrogen-bond acceptors (Lipinski definition) is 5. The predicted octanol–water partition coefficient (Wildman–Crippen LogP) is 2.01. The molecular formula is C12H22N4S. The van der Waals surface area contributed by atoms with Gasteiger partial charge in [0.05, 0.1) is 6.04 Å². The van der Waals surface area contributed by atoms with E-state index in [-0.39, 0.29) is 10.8 Å². The largest absolute Gasteiger partial charge is 0.383 e. The van der Waals surface area contributed by atoms with E-state index < -0.39 is 0 Å². The first-order valence-corrected chi connectivity index (χ1v) is 6.64. The van der Waals surface area contributed by atoms with Crippen molar-refractivity contribution < 1.29 is 0 Å². The number of anilines is 1. The Balaban J connectivity index is 2.82. The van der Waals surface area contributed by atoms with E-state index in [4.69, 9.17) is 11.6 Å². The molecule has 0 amide bonds. The molecule has 0 spiro atoms. The molecule has 0 aliphatic heterocycles. The normalized spacial score (nSPS) is 13.7. The van der Waals surface area contributed by atoms with Gasteiger partial charge in [0, 0.05) is 22.3 Å². The van der Waals surface area contributed by atoms with Crippen LogP contribution in [0.5, 0.6) is 0 Å². The molecule has 0 aromatic carbocycles. The lowest BCUT2D eigenvalue weighted by atomic mass is 10.1. The highest BCUT2D eigenvalue weighted by Crippen LogP contribution is 2.29. The molecule has 5 N–H and O–H groups in total. The van der Waals surface area contributed by atoms with E-state index in [1.165, 1.54) is 0 Å². The molecular weight excluding hydrogens is 232 g/mol. The van der Waals surface area contributed by atoms with Crippen LogP contribution in [0.2, 0.25) is 0 Å². The molecule has 0 saturated heterocycles. The fraction of sp³-hybridized carbons (Fsp3) is 0.583. The highest BCUT2D eigenvalue weighted by Gasteiger charge is 2.18. The fourth-order valence-electron chi connectivity index (χ4n) is 1.44. The Labute approximate surface area is 108 Å². The van der Waals surface area contributed by atoms with Crippen molar-refractivity contribution in [3.63, 3.8) is 0 Å². The second kappa shape index (κ2) is 5.71. The van der Waals surface area contributed by atoms with E-state index in [9.17, 15) is 0 Å². The smallest absolute Gasteiger partial charge is 0.128 e. The third-order valence-electron chi connectivity index (χ3n) is 2.35. The molecule has 1 rings (SSSR count). The number of rotatable bonds is 4. The third-order valence-corrected chi connectivity index (χ3v) is 3.71. The Kier molecular flexibility index (Phi) is 4.80. The number of hydrogen-bond donors (Lipinski definition) is 3. The Morgan fingerprint density at radius 1 is 1.47 bits per heavy atom. The summed E-state index contributed by atoms with van der Waals surface area (Å²) in [6.07, 6.45) is 1.77. The molecule has 17 heavy (non-hydrogen) atoms. The SMILES string of the molecule is Cc1cnc(N)c(C(CSC(C)(C)C)NN)c1. The van der Waals surface area contributed by atoms with Crippen molar-refractivity contribution in [3.05, 3.63) is 23.4 Å².